The van der Waals surface area contributed by atoms with E-state index in [1.165, 1.54) is 0 Å². The van der Waals surface area contributed by atoms with Crippen molar-refractivity contribution in [2.24, 2.45) is 4.99 Å². The summed E-state index contributed by atoms with van der Waals surface area (Å²) in [5.74, 6) is 0. The van der Waals surface area contributed by atoms with Gasteiger partial charge in [0.05, 0.1) is 29.0 Å². The number of aliphatic imine (C=N–C) groups is 1. The predicted molar refractivity (Wildman–Crippen MR) is 119 cm³/mol. The van der Waals surface area contributed by atoms with E-state index in [0.717, 1.165) is 44.5 Å². The van der Waals surface area contributed by atoms with Crippen LogP contribution in [-0.2, 0) is 6.54 Å². The maximum Gasteiger partial charge on any atom is 0.103 e. The number of anilines is 1. The number of aromatic nitrogens is 2. The second kappa shape index (κ2) is 7.41. The van der Waals surface area contributed by atoms with Gasteiger partial charge in [-0.15, -0.1) is 0 Å². The molecule has 3 heterocycles. The van der Waals surface area contributed by atoms with Crippen LogP contribution < -0.4 is 5.32 Å². The molecule has 5 heteroatoms. The zero-order valence-corrected chi connectivity index (χ0v) is 16.5. The molecule has 0 saturated carbocycles. The van der Waals surface area contributed by atoms with E-state index in [-0.39, 0.29) is 6.04 Å². The van der Waals surface area contributed by atoms with E-state index in [2.05, 4.69) is 57.5 Å². The Kier molecular flexibility index (Phi) is 4.45. The molecule has 0 spiro atoms. The van der Waals surface area contributed by atoms with Gasteiger partial charge in [-0.3, -0.25) is 15.0 Å². The second-order valence-corrected chi connectivity index (χ2v) is 7.40. The minimum absolute atomic E-state index is 0.0467. The molecule has 0 fully saturated rings. The van der Waals surface area contributed by atoms with Crippen LogP contribution in [0.4, 0.5) is 5.69 Å². The standard InChI is InChI=1S/C25H19N5/c1-16(17-5-3-2-4-6-17)30-25-21(11-26)14-28-23-8-7-18(10-22(23)25)19-9-20-12-27-15-24(20)29-13-19/h2-10,12-14,16H,15H2,1H3,(H,28,30)/t16-/m1/s1. The summed E-state index contributed by atoms with van der Waals surface area (Å²) < 4.78 is 0. The Labute approximate surface area is 174 Å². The Balaban J connectivity index is 1.61. The van der Waals surface area contributed by atoms with Crippen molar-refractivity contribution in [1.29, 1.82) is 5.26 Å². The summed E-state index contributed by atoms with van der Waals surface area (Å²) in [6.07, 6.45) is 5.39. The molecule has 30 heavy (non-hydrogen) atoms. The molecule has 0 saturated heterocycles. The van der Waals surface area contributed by atoms with Crippen molar-refractivity contribution in [2.75, 3.05) is 5.32 Å². The lowest BCUT2D eigenvalue weighted by molar-refractivity contribution is 0.885. The Hall–Kier alpha value is -4.04. The van der Waals surface area contributed by atoms with E-state index in [0.29, 0.717) is 12.1 Å². The number of fused-ring (bicyclic) bond motifs is 2. The molecule has 2 aromatic carbocycles. The summed E-state index contributed by atoms with van der Waals surface area (Å²) in [5.41, 5.74) is 7.46. The van der Waals surface area contributed by atoms with Crippen LogP contribution >= 0.6 is 0 Å². The number of nitrogens with one attached hydrogen (secondary N) is 1. The molecule has 1 aliphatic rings. The largest absolute Gasteiger partial charge is 0.377 e. The monoisotopic (exact) mass is 389 g/mol. The Bertz CT molecular complexity index is 1320. The van der Waals surface area contributed by atoms with Crippen molar-refractivity contribution < 1.29 is 0 Å². The van der Waals surface area contributed by atoms with Crippen molar-refractivity contribution in [2.45, 2.75) is 19.5 Å². The smallest absolute Gasteiger partial charge is 0.103 e. The van der Waals surface area contributed by atoms with Gasteiger partial charge < -0.3 is 5.32 Å². The number of nitriles is 1. The molecule has 4 aromatic rings. The van der Waals surface area contributed by atoms with Gasteiger partial charge in [0.2, 0.25) is 0 Å². The van der Waals surface area contributed by atoms with Crippen LogP contribution in [0.15, 0.2) is 72.0 Å². The molecule has 1 aliphatic heterocycles. The van der Waals surface area contributed by atoms with Crippen LogP contribution in [0.2, 0.25) is 0 Å². The molecule has 1 N–H and O–H groups in total. The van der Waals surface area contributed by atoms with Gasteiger partial charge in [0.25, 0.3) is 0 Å². The van der Waals surface area contributed by atoms with Crippen LogP contribution in [-0.4, -0.2) is 16.2 Å². The highest BCUT2D eigenvalue weighted by molar-refractivity contribution is 5.97. The Morgan fingerprint density at radius 2 is 1.87 bits per heavy atom. The van der Waals surface area contributed by atoms with Gasteiger partial charge in [-0.2, -0.15) is 5.26 Å². The highest BCUT2D eigenvalue weighted by atomic mass is 14.9. The average Bonchev–Trinajstić information content (AvgIpc) is 3.27. The summed E-state index contributed by atoms with van der Waals surface area (Å²) in [7, 11) is 0. The third kappa shape index (κ3) is 3.19. The summed E-state index contributed by atoms with van der Waals surface area (Å²) in [5, 5.41) is 14.2. The van der Waals surface area contributed by atoms with Crippen LogP contribution in [0.3, 0.4) is 0 Å². The van der Waals surface area contributed by atoms with Gasteiger partial charge >= 0.3 is 0 Å². The molecule has 5 nitrogen and oxygen atoms in total. The quantitative estimate of drug-likeness (QED) is 0.516. The second-order valence-electron chi connectivity index (χ2n) is 7.40. The number of hydrogen-bond acceptors (Lipinski definition) is 5. The van der Waals surface area contributed by atoms with Crippen molar-refractivity contribution in [1.82, 2.24) is 9.97 Å². The average molecular weight is 389 g/mol. The van der Waals surface area contributed by atoms with Gasteiger partial charge in [-0.1, -0.05) is 36.4 Å². The first-order chi connectivity index (χ1) is 14.7. The van der Waals surface area contributed by atoms with Crippen molar-refractivity contribution in [3.05, 3.63) is 89.4 Å². The number of hydrogen-bond donors (Lipinski definition) is 1. The predicted octanol–water partition coefficient (Wildman–Crippen LogP) is 5.27. The van der Waals surface area contributed by atoms with E-state index in [9.17, 15) is 5.26 Å². The molecule has 0 aliphatic carbocycles. The van der Waals surface area contributed by atoms with E-state index in [1.54, 1.807) is 6.20 Å². The van der Waals surface area contributed by atoms with Crippen molar-refractivity contribution in [3.63, 3.8) is 0 Å². The Morgan fingerprint density at radius 3 is 2.70 bits per heavy atom. The summed E-state index contributed by atoms with van der Waals surface area (Å²) in [6, 6.07) is 20.8. The van der Waals surface area contributed by atoms with Gasteiger partial charge in [0.1, 0.15) is 6.07 Å². The van der Waals surface area contributed by atoms with Gasteiger partial charge in [0, 0.05) is 41.2 Å². The minimum atomic E-state index is 0.0467. The topological polar surface area (TPSA) is 74.0 Å². The molecule has 0 radical (unpaired) electrons. The minimum Gasteiger partial charge on any atom is -0.377 e. The third-order valence-corrected chi connectivity index (χ3v) is 5.46. The zero-order valence-electron chi connectivity index (χ0n) is 16.5. The first-order valence-electron chi connectivity index (χ1n) is 9.86. The fourth-order valence-corrected chi connectivity index (χ4v) is 3.80. The maximum atomic E-state index is 9.70. The molecule has 0 unspecified atom stereocenters. The first-order valence-corrected chi connectivity index (χ1v) is 9.86. The molecule has 1 atom stereocenters. The van der Waals surface area contributed by atoms with Crippen LogP contribution in [0, 0.1) is 11.3 Å². The molecule has 5 rings (SSSR count). The number of pyridine rings is 2. The summed E-state index contributed by atoms with van der Waals surface area (Å²) >= 11 is 0. The molecule has 2 aromatic heterocycles. The van der Waals surface area contributed by atoms with E-state index < -0.39 is 0 Å². The number of benzene rings is 2. The zero-order chi connectivity index (χ0) is 20.5. The lowest BCUT2D eigenvalue weighted by atomic mass is 10.0. The number of rotatable bonds is 4. The lowest BCUT2D eigenvalue weighted by Crippen LogP contribution is -2.08. The SMILES string of the molecule is C[C@@H](Nc1c(C#N)cnc2ccc(-c3cnc4c(c3)C=NC4)cc12)c1ccccc1. The highest BCUT2D eigenvalue weighted by Crippen LogP contribution is 2.33. The van der Waals surface area contributed by atoms with Crippen LogP contribution in [0.1, 0.15) is 35.3 Å². The molecule has 144 valence electrons. The van der Waals surface area contributed by atoms with E-state index >= 15 is 0 Å². The normalized spacial score (nSPS) is 13.1. The molecular formula is C25H19N5. The van der Waals surface area contributed by atoms with Gasteiger partial charge in [-0.05, 0) is 36.2 Å². The van der Waals surface area contributed by atoms with E-state index in [4.69, 9.17) is 0 Å². The fourth-order valence-electron chi connectivity index (χ4n) is 3.80. The molecule has 0 bridgehead atoms. The Morgan fingerprint density at radius 1 is 1.00 bits per heavy atom. The maximum absolute atomic E-state index is 9.70. The lowest BCUT2D eigenvalue weighted by Gasteiger charge is -2.18. The summed E-state index contributed by atoms with van der Waals surface area (Å²) in [4.78, 5) is 13.3. The first kappa shape index (κ1) is 18.0. The molecule has 0 amide bonds. The molecular weight excluding hydrogens is 370 g/mol. The summed E-state index contributed by atoms with van der Waals surface area (Å²) in [6.45, 7) is 2.74. The van der Waals surface area contributed by atoms with Crippen LogP contribution in [0.5, 0.6) is 0 Å². The van der Waals surface area contributed by atoms with Gasteiger partial charge in [0.15, 0.2) is 0 Å². The van der Waals surface area contributed by atoms with E-state index in [1.807, 2.05) is 42.7 Å². The number of nitrogens with zero attached hydrogens (tertiary/aromatic N) is 4. The fraction of sp³-hybridized carbons (Fsp3) is 0.120. The van der Waals surface area contributed by atoms with Crippen molar-refractivity contribution in [3.8, 4) is 17.2 Å². The van der Waals surface area contributed by atoms with Gasteiger partial charge in [-0.25, -0.2) is 0 Å². The highest BCUT2D eigenvalue weighted by Gasteiger charge is 2.15. The third-order valence-electron chi connectivity index (χ3n) is 5.46. The van der Waals surface area contributed by atoms with Crippen molar-refractivity contribution >= 4 is 22.8 Å². The van der Waals surface area contributed by atoms with Crippen LogP contribution in [0.25, 0.3) is 22.0 Å².